The molecule has 2 aromatic rings. The molecule has 114 valence electrons. The molecule has 1 unspecified atom stereocenters. The van der Waals surface area contributed by atoms with E-state index in [4.69, 9.17) is 16.3 Å². The Balaban J connectivity index is 2.36. The highest BCUT2D eigenvalue weighted by molar-refractivity contribution is 6.32. The molecule has 0 saturated carbocycles. The van der Waals surface area contributed by atoms with E-state index in [1.165, 1.54) is 0 Å². The largest absolute Gasteiger partial charge is 0.497 e. The van der Waals surface area contributed by atoms with Gasteiger partial charge in [0.25, 0.3) is 0 Å². The van der Waals surface area contributed by atoms with Gasteiger partial charge in [0.05, 0.1) is 29.6 Å². The van der Waals surface area contributed by atoms with Crippen molar-refractivity contribution in [2.75, 3.05) is 13.7 Å². The zero-order valence-corrected chi connectivity index (χ0v) is 13.6. The molecule has 1 heterocycles. The van der Waals surface area contributed by atoms with E-state index in [1.807, 2.05) is 19.1 Å². The second-order valence-corrected chi connectivity index (χ2v) is 5.37. The summed E-state index contributed by atoms with van der Waals surface area (Å²) in [6.07, 6.45) is 1.08. The summed E-state index contributed by atoms with van der Waals surface area (Å²) < 4.78 is 7.00. The van der Waals surface area contributed by atoms with Gasteiger partial charge in [-0.1, -0.05) is 23.7 Å². The number of ether oxygens (including phenoxy) is 1. The van der Waals surface area contributed by atoms with Gasteiger partial charge < -0.3 is 10.1 Å². The first-order valence-electron chi connectivity index (χ1n) is 7.08. The maximum absolute atomic E-state index is 6.27. The second kappa shape index (κ2) is 6.91. The number of benzene rings is 1. The van der Waals surface area contributed by atoms with Crippen molar-refractivity contribution in [3.63, 3.8) is 0 Å². The number of aromatic nitrogens is 3. The van der Waals surface area contributed by atoms with Crippen LogP contribution in [-0.4, -0.2) is 28.6 Å². The van der Waals surface area contributed by atoms with Crippen LogP contribution in [0.25, 0.3) is 5.69 Å². The zero-order valence-electron chi connectivity index (χ0n) is 12.9. The van der Waals surface area contributed by atoms with Crippen molar-refractivity contribution < 1.29 is 4.74 Å². The third-order valence-corrected chi connectivity index (χ3v) is 3.74. The first-order valence-corrected chi connectivity index (χ1v) is 7.45. The standard InChI is InChI=1S/C15H21ClN4O/c1-5-8-17-10(2)15-11(3)20(19-18-15)14-9-12(21-4)6-7-13(14)16/h6-7,9-10,17H,5,8H2,1-4H3. The van der Waals surface area contributed by atoms with E-state index in [0.29, 0.717) is 5.02 Å². The van der Waals surface area contributed by atoms with E-state index < -0.39 is 0 Å². The fourth-order valence-corrected chi connectivity index (χ4v) is 2.41. The molecule has 0 fully saturated rings. The van der Waals surface area contributed by atoms with Crippen molar-refractivity contribution >= 4 is 11.6 Å². The van der Waals surface area contributed by atoms with Gasteiger partial charge in [-0.3, -0.25) is 0 Å². The Labute approximate surface area is 130 Å². The predicted molar refractivity (Wildman–Crippen MR) is 84.4 cm³/mol. The molecule has 5 nitrogen and oxygen atoms in total. The molecule has 1 aromatic heterocycles. The summed E-state index contributed by atoms with van der Waals surface area (Å²) in [5.41, 5.74) is 2.68. The minimum atomic E-state index is 0.156. The summed E-state index contributed by atoms with van der Waals surface area (Å²) in [5, 5.41) is 12.6. The highest BCUT2D eigenvalue weighted by Gasteiger charge is 2.17. The molecule has 0 spiro atoms. The molecule has 0 aliphatic rings. The van der Waals surface area contributed by atoms with Gasteiger partial charge in [-0.2, -0.15) is 0 Å². The highest BCUT2D eigenvalue weighted by Crippen LogP contribution is 2.27. The van der Waals surface area contributed by atoms with Crippen LogP contribution in [0, 0.1) is 6.92 Å². The average molecular weight is 309 g/mol. The lowest BCUT2D eigenvalue weighted by atomic mass is 10.2. The van der Waals surface area contributed by atoms with Crippen molar-refractivity contribution in [1.82, 2.24) is 20.3 Å². The molecule has 0 saturated heterocycles. The van der Waals surface area contributed by atoms with Gasteiger partial charge in [0.2, 0.25) is 0 Å². The number of hydrogen-bond acceptors (Lipinski definition) is 4. The lowest BCUT2D eigenvalue weighted by molar-refractivity contribution is 0.414. The lowest BCUT2D eigenvalue weighted by Gasteiger charge is -2.12. The SMILES string of the molecule is CCCNC(C)c1nnn(-c2cc(OC)ccc2Cl)c1C. The van der Waals surface area contributed by atoms with Gasteiger partial charge in [-0.05, 0) is 38.9 Å². The summed E-state index contributed by atoms with van der Waals surface area (Å²) in [6, 6.07) is 5.64. The number of methoxy groups -OCH3 is 1. The third-order valence-electron chi connectivity index (χ3n) is 3.42. The zero-order chi connectivity index (χ0) is 15.4. The Hall–Kier alpha value is -1.59. The Morgan fingerprint density at radius 2 is 2.19 bits per heavy atom. The third kappa shape index (κ3) is 3.36. The van der Waals surface area contributed by atoms with E-state index in [-0.39, 0.29) is 6.04 Å². The molecule has 21 heavy (non-hydrogen) atoms. The Kier molecular flexibility index (Phi) is 5.20. The number of hydrogen-bond donors (Lipinski definition) is 1. The van der Waals surface area contributed by atoms with Crippen LogP contribution in [0.4, 0.5) is 0 Å². The summed E-state index contributed by atoms with van der Waals surface area (Å²) >= 11 is 6.27. The summed E-state index contributed by atoms with van der Waals surface area (Å²) in [4.78, 5) is 0. The normalized spacial score (nSPS) is 12.4. The molecule has 0 amide bonds. The Bertz CT molecular complexity index is 612. The molecule has 0 aliphatic heterocycles. The number of nitrogens with zero attached hydrogens (tertiary/aromatic N) is 3. The molecule has 6 heteroatoms. The lowest BCUT2D eigenvalue weighted by Crippen LogP contribution is -2.20. The van der Waals surface area contributed by atoms with Gasteiger partial charge in [-0.25, -0.2) is 4.68 Å². The van der Waals surface area contributed by atoms with E-state index >= 15 is 0 Å². The van der Waals surface area contributed by atoms with Crippen LogP contribution in [0.2, 0.25) is 5.02 Å². The highest BCUT2D eigenvalue weighted by atomic mass is 35.5. The molecule has 2 rings (SSSR count). The van der Waals surface area contributed by atoms with E-state index in [2.05, 4.69) is 29.5 Å². The Morgan fingerprint density at radius 3 is 2.86 bits per heavy atom. The summed E-state index contributed by atoms with van der Waals surface area (Å²) in [5.74, 6) is 0.739. The minimum Gasteiger partial charge on any atom is -0.497 e. The van der Waals surface area contributed by atoms with Gasteiger partial charge in [-0.15, -0.1) is 5.10 Å². The number of nitrogens with one attached hydrogen (secondary N) is 1. The van der Waals surface area contributed by atoms with Gasteiger partial charge in [0.15, 0.2) is 0 Å². The molecule has 0 radical (unpaired) electrons. The van der Waals surface area contributed by atoms with Crippen molar-refractivity contribution in [2.24, 2.45) is 0 Å². The predicted octanol–water partition coefficient (Wildman–Crippen LogP) is 3.30. The quantitative estimate of drug-likeness (QED) is 0.889. The monoisotopic (exact) mass is 308 g/mol. The summed E-state index contributed by atoms with van der Waals surface area (Å²) in [7, 11) is 1.63. The first-order chi connectivity index (χ1) is 10.1. The van der Waals surface area contributed by atoms with Crippen LogP contribution in [0.3, 0.4) is 0 Å². The molecule has 0 bridgehead atoms. The van der Waals surface area contributed by atoms with Crippen LogP contribution in [0.1, 0.15) is 37.7 Å². The molecule has 1 atom stereocenters. The maximum atomic E-state index is 6.27. The Morgan fingerprint density at radius 1 is 1.43 bits per heavy atom. The molecule has 0 aliphatic carbocycles. The van der Waals surface area contributed by atoms with Crippen LogP contribution < -0.4 is 10.1 Å². The van der Waals surface area contributed by atoms with E-state index in [0.717, 1.165) is 35.8 Å². The average Bonchev–Trinajstić information content (AvgIpc) is 2.87. The van der Waals surface area contributed by atoms with Crippen LogP contribution >= 0.6 is 11.6 Å². The smallest absolute Gasteiger partial charge is 0.121 e. The molecular formula is C15H21ClN4O. The van der Waals surface area contributed by atoms with Crippen molar-refractivity contribution in [3.8, 4) is 11.4 Å². The topological polar surface area (TPSA) is 52.0 Å². The molecule has 1 aromatic carbocycles. The van der Waals surface area contributed by atoms with E-state index in [1.54, 1.807) is 17.9 Å². The minimum absolute atomic E-state index is 0.156. The fraction of sp³-hybridized carbons (Fsp3) is 0.467. The summed E-state index contributed by atoms with van der Waals surface area (Å²) in [6.45, 7) is 7.17. The number of rotatable bonds is 6. The van der Waals surface area contributed by atoms with Gasteiger partial charge >= 0.3 is 0 Å². The van der Waals surface area contributed by atoms with Crippen LogP contribution in [0.15, 0.2) is 18.2 Å². The van der Waals surface area contributed by atoms with Crippen LogP contribution in [0.5, 0.6) is 5.75 Å². The number of halogens is 1. The van der Waals surface area contributed by atoms with Crippen molar-refractivity contribution in [2.45, 2.75) is 33.2 Å². The first kappa shape index (κ1) is 15.8. The maximum Gasteiger partial charge on any atom is 0.121 e. The fourth-order valence-electron chi connectivity index (χ4n) is 2.21. The van der Waals surface area contributed by atoms with E-state index in [9.17, 15) is 0 Å². The van der Waals surface area contributed by atoms with Crippen molar-refractivity contribution in [1.29, 1.82) is 0 Å². The second-order valence-electron chi connectivity index (χ2n) is 4.97. The van der Waals surface area contributed by atoms with Gasteiger partial charge in [0.1, 0.15) is 11.4 Å². The molecular weight excluding hydrogens is 288 g/mol. The van der Waals surface area contributed by atoms with Crippen molar-refractivity contribution in [3.05, 3.63) is 34.6 Å². The molecule has 1 N–H and O–H groups in total. The van der Waals surface area contributed by atoms with Crippen LogP contribution in [-0.2, 0) is 0 Å². The van der Waals surface area contributed by atoms with Gasteiger partial charge in [0, 0.05) is 6.07 Å².